The lowest BCUT2D eigenvalue weighted by atomic mass is 10.2. The summed E-state index contributed by atoms with van der Waals surface area (Å²) in [5, 5.41) is 5.48. The Bertz CT molecular complexity index is 635. The molecule has 0 saturated carbocycles. The predicted octanol–water partition coefficient (Wildman–Crippen LogP) is 3.51. The summed E-state index contributed by atoms with van der Waals surface area (Å²) >= 11 is 0. The Morgan fingerprint density at radius 2 is 2.18 bits per heavy atom. The van der Waals surface area contributed by atoms with Crippen LogP contribution >= 0.6 is 0 Å². The zero-order valence-electron chi connectivity index (χ0n) is 12.7. The highest BCUT2D eigenvalue weighted by molar-refractivity contribution is 5.85. The van der Waals surface area contributed by atoms with Crippen LogP contribution in [0.2, 0.25) is 0 Å². The molecule has 1 heterocycles. The molecule has 1 aromatic carbocycles. The lowest BCUT2D eigenvalue weighted by Gasteiger charge is -2.20. The second kappa shape index (κ2) is 6.46. The number of nitrogens with one attached hydrogen (secondary N) is 3. The second-order valence-corrected chi connectivity index (χ2v) is 5.71. The van der Waals surface area contributed by atoms with Gasteiger partial charge in [0.1, 0.15) is 17.2 Å². The molecule has 0 unspecified atom stereocenters. The van der Waals surface area contributed by atoms with Crippen molar-refractivity contribution < 1.29 is 13.9 Å². The number of benzene rings is 1. The number of hydrogen-bond donors (Lipinski definition) is 3. The first kappa shape index (κ1) is 15.8. The number of nitrogens with zero attached hydrogens (tertiary/aromatic N) is 1. The van der Waals surface area contributed by atoms with Crippen LogP contribution in [0, 0.1) is 5.82 Å². The van der Waals surface area contributed by atoms with Gasteiger partial charge in [-0.05, 0) is 39.0 Å². The van der Waals surface area contributed by atoms with Gasteiger partial charge in [0, 0.05) is 18.1 Å². The Morgan fingerprint density at radius 3 is 2.82 bits per heavy atom. The molecule has 7 heteroatoms. The van der Waals surface area contributed by atoms with Gasteiger partial charge in [-0.3, -0.25) is 5.32 Å². The molecule has 0 aliphatic rings. The molecule has 1 amide bonds. The van der Waals surface area contributed by atoms with Crippen molar-refractivity contribution in [3.63, 3.8) is 0 Å². The van der Waals surface area contributed by atoms with Gasteiger partial charge in [0.25, 0.3) is 0 Å². The van der Waals surface area contributed by atoms with E-state index in [-0.39, 0.29) is 5.69 Å². The summed E-state index contributed by atoms with van der Waals surface area (Å²) in [6.07, 6.45) is 2.72. The van der Waals surface area contributed by atoms with Crippen molar-refractivity contribution in [3.05, 3.63) is 42.2 Å². The standard InChI is InChI=1S/C15H19FN4O2/c1-15(2,3)22-14(21)20-10-4-5-11(16)12(8-10)19-9-13-17-6-7-18-13/h4-8,19H,9H2,1-3H3,(H,17,18)(H,20,21). The summed E-state index contributed by atoms with van der Waals surface area (Å²) in [7, 11) is 0. The van der Waals surface area contributed by atoms with Gasteiger partial charge in [0.2, 0.25) is 0 Å². The van der Waals surface area contributed by atoms with Crippen LogP contribution in [0.25, 0.3) is 0 Å². The number of hydrogen-bond acceptors (Lipinski definition) is 4. The zero-order chi connectivity index (χ0) is 16.2. The predicted molar refractivity (Wildman–Crippen MR) is 82.2 cm³/mol. The largest absolute Gasteiger partial charge is 0.444 e. The number of amides is 1. The average Bonchev–Trinajstić information content (AvgIpc) is 2.90. The minimum atomic E-state index is -0.593. The third kappa shape index (κ3) is 4.76. The van der Waals surface area contributed by atoms with Crippen LogP contribution in [-0.2, 0) is 11.3 Å². The van der Waals surface area contributed by atoms with Crippen LogP contribution in [0.1, 0.15) is 26.6 Å². The molecule has 0 bridgehead atoms. The van der Waals surface area contributed by atoms with E-state index in [2.05, 4.69) is 20.6 Å². The van der Waals surface area contributed by atoms with Crippen LogP contribution in [0.4, 0.5) is 20.6 Å². The normalized spacial score (nSPS) is 11.1. The number of aromatic amines is 1. The molecule has 2 aromatic rings. The third-order valence-electron chi connectivity index (χ3n) is 2.61. The molecule has 1 aromatic heterocycles. The van der Waals surface area contributed by atoms with Crippen molar-refractivity contribution >= 4 is 17.5 Å². The first-order valence-corrected chi connectivity index (χ1v) is 6.85. The lowest BCUT2D eigenvalue weighted by Crippen LogP contribution is -2.27. The number of aromatic nitrogens is 2. The number of H-pyrrole nitrogens is 1. The second-order valence-electron chi connectivity index (χ2n) is 5.71. The first-order valence-electron chi connectivity index (χ1n) is 6.85. The van der Waals surface area contributed by atoms with E-state index in [0.717, 1.165) is 0 Å². The maximum Gasteiger partial charge on any atom is 0.412 e. The first-order chi connectivity index (χ1) is 10.3. The molecule has 2 rings (SSSR count). The molecule has 0 spiro atoms. The Balaban J connectivity index is 2.01. The van der Waals surface area contributed by atoms with Crippen LogP contribution in [0.15, 0.2) is 30.6 Å². The smallest absolute Gasteiger partial charge is 0.412 e. The molecule has 3 N–H and O–H groups in total. The average molecular weight is 306 g/mol. The SMILES string of the molecule is CC(C)(C)OC(=O)Nc1ccc(F)c(NCc2ncc[nH]2)c1. The zero-order valence-corrected chi connectivity index (χ0v) is 12.7. The van der Waals surface area contributed by atoms with E-state index in [1.807, 2.05) is 0 Å². The summed E-state index contributed by atoms with van der Waals surface area (Å²) in [6, 6.07) is 4.25. The van der Waals surface area contributed by atoms with E-state index in [1.165, 1.54) is 18.2 Å². The van der Waals surface area contributed by atoms with Crippen molar-refractivity contribution in [1.29, 1.82) is 0 Å². The quantitative estimate of drug-likeness (QED) is 0.807. The van der Waals surface area contributed by atoms with Crippen molar-refractivity contribution in [3.8, 4) is 0 Å². The van der Waals surface area contributed by atoms with Gasteiger partial charge in [0.15, 0.2) is 0 Å². The van der Waals surface area contributed by atoms with Crippen LogP contribution in [0.5, 0.6) is 0 Å². The highest BCUT2D eigenvalue weighted by Gasteiger charge is 2.16. The highest BCUT2D eigenvalue weighted by Crippen LogP contribution is 2.21. The number of imidazole rings is 1. The van der Waals surface area contributed by atoms with E-state index in [0.29, 0.717) is 18.1 Å². The Kier molecular flexibility index (Phi) is 4.65. The molecular formula is C15H19FN4O2. The molecule has 0 saturated heterocycles. The fourth-order valence-corrected chi connectivity index (χ4v) is 1.73. The van der Waals surface area contributed by atoms with Crippen LogP contribution < -0.4 is 10.6 Å². The Labute approximate surface area is 128 Å². The molecule has 6 nitrogen and oxygen atoms in total. The maximum atomic E-state index is 13.8. The summed E-state index contributed by atoms with van der Waals surface area (Å²) in [5.74, 6) is 0.270. The van der Waals surface area contributed by atoms with Crippen molar-refractivity contribution in [2.24, 2.45) is 0 Å². The van der Waals surface area contributed by atoms with E-state index in [1.54, 1.807) is 33.2 Å². The topological polar surface area (TPSA) is 79.0 Å². The summed E-state index contributed by atoms with van der Waals surface area (Å²) in [4.78, 5) is 18.7. The summed E-state index contributed by atoms with van der Waals surface area (Å²) in [6.45, 7) is 5.66. The van der Waals surface area contributed by atoms with Gasteiger partial charge in [-0.15, -0.1) is 0 Å². The fourth-order valence-electron chi connectivity index (χ4n) is 1.73. The van der Waals surface area contributed by atoms with Crippen molar-refractivity contribution in [2.75, 3.05) is 10.6 Å². The number of ether oxygens (including phenoxy) is 1. The van der Waals surface area contributed by atoms with Gasteiger partial charge in [-0.25, -0.2) is 14.2 Å². The summed E-state index contributed by atoms with van der Waals surface area (Å²) in [5.41, 5.74) is 0.118. The van der Waals surface area contributed by atoms with E-state index < -0.39 is 17.5 Å². The monoisotopic (exact) mass is 306 g/mol. The minimum absolute atomic E-state index is 0.268. The number of halogens is 1. The highest BCUT2D eigenvalue weighted by atomic mass is 19.1. The van der Waals surface area contributed by atoms with Gasteiger partial charge in [-0.1, -0.05) is 0 Å². The molecule has 22 heavy (non-hydrogen) atoms. The molecular weight excluding hydrogens is 287 g/mol. The number of carbonyl (C=O) groups excluding carboxylic acids is 1. The number of carbonyl (C=O) groups is 1. The summed E-state index contributed by atoms with van der Waals surface area (Å²) < 4.78 is 18.9. The minimum Gasteiger partial charge on any atom is -0.444 e. The van der Waals surface area contributed by atoms with Crippen molar-refractivity contribution in [2.45, 2.75) is 32.9 Å². The van der Waals surface area contributed by atoms with Gasteiger partial charge < -0.3 is 15.0 Å². The maximum absolute atomic E-state index is 13.8. The Morgan fingerprint density at radius 1 is 1.41 bits per heavy atom. The number of rotatable bonds is 4. The van der Waals surface area contributed by atoms with Crippen LogP contribution in [0.3, 0.4) is 0 Å². The molecule has 118 valence electrons. The van der Waals surface area contributed by atoms with Crippen LogP contribution in [-0.4, -0.2) is 21.7 Å². The molecule has 0 fully saturated rings. The molecule has 0 atom stereocenters. The van der Waals surface area contributed by atoms with E-state index in [4.69, 9.17) is 4.74 Å². The fraction of sp³-hybridized carbons (Fsp3) is 0.333. The van der Waals surface area contributed by atoms with Gasteiger partial charge in [0.05, 0.1) is 12.2 Å². The number of anilines is 2. The molecule has 0 aliphatic heterocycles. The lowest BCUT2D eigenvalue weighted by molar-refractivity contribution is 0.0636. The molecule has 0 aliphatic carbocycles. The van der Waals surface area contributed by atoms with E-state index in [9.17, 15) is 9.18 Å². The third-order valence-corrected chi connectivity index (χ3v) is 2.61. The van der Waals surface area contributed by atoms with Gasteiger partial charge in [-0.2, -0.15) is 0 Å². The van der Waals surface area contributed by atoms with Crippen molar-refractivity contribution in [1.82, 2.24) is 9.97 Å². The Hall–Kier alpha value is -2.57. The molecule has 0 radical (unpaired) electrons. The van der Waals surface area contributed by atoms with E-state index >= 15 is 0 Å². The van der Waals surface area contributed by atoms with Gasteiger partial charge >= 0.3 is 6.09 Å².